The molecule has 0 aliphatic rings. The Labute approximate surface area is 121 Å². The van der Waals surface area contributed by atoms with E-state index in [4.69, 9.17) is 10.2 Å². The van der Waals surface area contributed by atoms with Gasteiger partial charge in [-0.15, -0.1) is 0 Å². The minimum atomic E-state index is -3.88. The van der Waals surface area contributed by atoms with E-state index in [2.05, 4.69) is 10.0 Å². The van der Waals surface area contributed by atoms with E-state index in [9.17, 15) is 18.0 Å². The molecule has 0 saturated heterocycles. The van der Waals surface area contributed by atoms with E-state index < -0.39 is 28.0 Å². The number of carboxylic acid groups (broad SMARTS) is 1. The van der Waals surface area contributed by atoms with Crippen LogP contribution in [-0.4, -0.2) is 54.8 Å². The first-order valence-electron chi connectivity index (χ1n) is 5.98. The Bertz CT molecular complexity index is 636. The molecule has 0 aliphatic carbocycles. The molecule has 1 heterocycles. The summed E-state index contributed by atoms with van der Waals surface area (Å²) in [6.45, 7) is -0.236. The minimum Gasteiger partial charge on any atom is -0.479 e. The zero-order chi connectivity index (χ0) is 16.2. The fourth-order valence-corrected chi connectivity index (χ4v) is 2.69. The molecule has 1 atom stereocenters. The Morgan fingerprint density at radius 2 is 2.05 bits per heavy atom. The molecule has 21 heavy (non-hydrogen) atoms. The van der Waals surface area contributed by atoms with Crippen LogP contribution in [0.15, 0.2) is 17.2 Å². The van der Waals surface area contributed by atoms with Crippen molar-refractivity contribution in [2.24, 2.45) is 7.05 Å². The van der Waals surface area contributed by atoms with Crippen molar-refractivity contribution in [3.05, 3.63) is 18.0 Å². The maximum Gasteiger partial charge on any atom is 0.332 e. The molecular weight excluding hydrogens is 302 g/mol. The van der Waals surface area contributed by atoms with Crippen molar-refractivity contribution in [3.8, 4) is 0 Å². The van der Waals surface area contributed by atoms with Crippen LogP contribution >= 0.6 is 0 Å². The Morgan fingerprint density at radius 1 is 1.43 bits per heavy atom. The Morgan fingerprint density at radius 3 is 2.57 bits per heavy atom. The van der Waals surface area contributed by atoms with Gasteiger partial charge in [-0.25, -0.2) is 17.9 Å². The molecule has 10 heteroatoms. The summed E-state index contributed by atoms with van der Waals surface area (Å²) in [6.07, 6.45) is -0.630. The first kappa shape index (κ1) is 17.1. The van der Waals surface area contributed by atoms with Crippen molar-refractivity contribution < 1.29 is 28.2 Å². The lowest BCUT2D eigenvalue weighted by Gasteiger charge is -2.07. The van der Waals surface area contributed by atoms with Crippen LogP contribution in [0.25, 0.3) is 0 Å². The molecule has 1 amide bonds. The Kier molecular flexibility index (Phi) is 5.47. The SMILES string of the molecule is CNC(=O)c1cc(S(=O)(=O)NCC[C@H](O)C(=O)O)cn1C. The zero-order valence-electron chi connectivity index (χ0n) is 11.5. The van der Waals surface area contributed by atoms with Gasteiger partial charge in [-0.05, 0) is 12.5 Å². The summed E-state index contributed by atoms with van der Waals surface area (Å²) in [5.41, 5.74) is 0.170. The highest BCUT2D eigenvalue weighted by Crippen LogP contribution is 2.13. The lowest BCUT2D eigenvalue weighted by molar-refractivity contribution is -0.146. The number of hydrogen-bond acceptors (Lipinski definition) is 5. The first-order valence-corrected chi connectivity index (χ1v) is 7.46. The van der Waals surface area contributed by atoms with Crippen molar-refractivity contribution in [3.63, 3.8) is 0 Å². The highest BCUT2D eigenvalue weighted by Gasteiger charge is 2.21. The van der Waals surface area contributed by atoms with E-state index in [1.54, 1.807) is 0 Å². The largest absolute Gasteiger partial charge is 0.479 e. The van der Waals surface area contributed by atoms with Crippen LogP contribution in [0.3, 0.4) is 0 Å². The van der Waals surface area contributed by atoms with Crippen molar-refractivity contribution in [2.45, 2.75) is 17.4 Å². The van der Waals surface area contributed by atoms with Crippen LogP contribution in [0.2, 0.25) is 0 Å². The van der Waals surface area contributed by atoms with E-state index in [1.807, 2.05) is 0 Å². The summed E-state index contributed by atoms with van der Waals surface area (Å²) in [5.74, 6) is -1.85. The van der Waals surface area contributed by atoms with Gasteiger partial charge in [0.2, 0.25) is 10.0 Å². The molecule has 0 saturated carbocycles. The Balaban J connectivity index is 2.80. The van der Waals surface area contributed by atoms with Crippen molar-refractivity contribution in [1.29, 1.82) is 0 Å². The number of carboxylic acids is 1. The topological polar surface area (TPSA) is 138 Å². The number of rotatable bonds is 7. The van der Waals surface area contributed by atoms with Gasteiger partial charge in [-0.1, -0.05) is 0 Å². The molecule has 1 aromatic heterocycles. The number of carbonyl (C=O) groups is 2. The summed E-state index contributed by atoms with van der Waals surface area (Å²) in [6, 6.07) is 1.20. The molecule has 0 radical (unpaired) electrons. The highest BCUT2D eigenvalue weighted by atomic mass is 32.2. The molecule has 0 aliphatic heterocycles. The average molecular weight is 319 g/mol. The third-order valence-corrected chi connectivity index (χ3v) is 4.17. The summed E-state index contributed by atoms with van der Waals surface area (Å²) in [5, 5.41) is 19.9. The molecule has 1 aromatic rings. The van der Waals surface area contributed by atoms with Gasteiger partial charge in [0.1, 0.15) is 10.6 Å². The molecular formula is C11H17N3O6S. The van der Waals surface area contributed by atoms with Crippen LogP contribution in [0.1, 0.15) is 16.9 Å². The van der Waals surface area contributed by atoms with Gasteiger partial charge in [0.05, 0.1) is 0 Å². The van der Waals surface area contributed by atoms with Crippen LogP contribution in [-0.2, 0) is 21.9 Å². The average Bonchev–Trinajstić information content (AvgIpc) is 2.80. The van der Waals surface area contributed by atoms with E-state index in [0.717, 1.165) is 0 Å². The van der Waals surface area contributed by atoms with E-state index in [1.165, 1.54) is 30.9 Å². The molecule has 0 aromatic carbocycles. The van der Waals surface area contributed by atoms with Gasteiger partial charge in [0, 0.05) is 26.8 Å². The molecule has 0 bridgehead atoms. The maximum atomic E-state index is 12.0. The molecule has 118 valence electrons. The lowest BCUT2D eigenvalue weighted by atomic mass is 10.3. The third-order valence-electron chi connectivity index (χ3n) is 2.74. The molecule has 1 rings (SSSR count). The standard InChI is InChI=1S/C11H17N3O6S/c1-12-10(16)8-5-7(6-14(8)2)21(19,20)13-4-3-9(15)11(17)18/h5-6,9,13,15H,3-4H2,1-2H3,(H,12,16)(H,17,18)/t9-/m0/s1. The second-order valence-corrected chi connectivity index (χ2v) is 6.06. The van der Waals surface area contributed by atoms with Gasteiger partial charge in [0.15, 0.2) is 6.10 Å². The number of aliphatic hydroxyl groups excluding tert-OH is 1. The maximum absolute atomic E-state index is 12.0. The second kappa shape index (κ2) is 6.70. The van der Waals surface area contributed by atoms with Crippen molar-refractivity contribution in [1.82, 2.24) is 14.6 Å². The number of aliphatic hydroxyl groups is 1. The van der Waals surface area contributed by atoms with Crippen LogP contribution < -0.4 is 10.0 Å². The number of sulfonamides is 1. The predicted octanol–water partition coefficient (Wildman–Crippen LogP) is -1.50. The normalized spacial score (nSPS) is 12.9. The number of amides is 1. The molecule has 4 N–H and O–H groups in total. The highest BCUT2D eigenvalue weighted by molar-refractivity contribution is 7.89. The van der Waals surface area contributed by atoms with Gasteiger partial charge in [0.25, 0.3) is 5.91 Å². The van der Waals surface area contributed by atoms with Gasteiger partial charge >= 0.3 is 5.97 Å². The predicted molar refractivity (Wildman–Crippen MR) is 72.3 cm³/mol. The van der Waals surface area contributed by atoms with Crippen LogP contribution in [0, 0.1) is 0 Å². The number of aliphatic carboxylic acids is 1. The number of carbonyl (C=O) groups excluding carboxylic acids is 1. The quantitative estimate of drug-likeness (QED) is 0.482. The monoisotopic (exact) mass is 319 g/mol. The van der Waals surface area contributed by atoms with Crippen molar-refractivity contribution in [2.75, 3.05) is 13.6 Å². The molecule has 0 unspecified atom stereocenters. The van der Waals surface area contributed by atoms with Crippen LogP contribution in [0.5, 0.6) is 0 Å². The summed E-state index contributed by atoms with van der Waals surface area (Å²) < 4.78 is 27.5. The van der Waals surface area contributed by atoms with E-state index >= 15 is 0 Å². The molecule has 0 fully saturated rings. The number of nitrogens with one attached hydrogen (secondary N) is 2. The van der Waals surface area contributed by atoms with E-state index in [-0.39, 0.29) is 23.6 Å². The fraction of sp³-hybridized carbons (Fsp3) is 0.455. The smallest absolute Gasteiger partial charge is 0.332 e. The minimum absolute atomic E-state index is 0.117. The van der Waals surface area contributed by atoms with Crippen LogP contribution in [0.4, 0.5) is 0 Å². The number of aryl methyl sites for hydroxylation is 1. The second-order valence-electron chi connectivity index (χ2n) is 4.29. The number of hydrogen-bond donors (Lipinski definition) is 4. The summed E-state index contributed by atoms with van der Waals surface area (Å²) in [4.78, 5) is 21.8. The Hall–Kier alpha value is -1.91. The fourth-order valence-electron chi connectivity index (χ4n) is 1.57. The van der Waals surface area contributed by atoms with E-state index in [0.29, 0.717) is 0 Å². The first-order chi connectivity index (χ1) is 9.69. The van der Waals surface area contributed by atoms with Crippen molar-refractivity contribution >= 4 is 21.9 Å². The molecule has 0 spiro atoms. The zero-order valence-corrected chi connectivity index (χ0v) is 12.3. The summed E-state index contributed by atoms with van der Waals surface area (Å²) in [7, 11) is -0.929. The van der Waals surface area contributed by atoms with Gasteiger partial charge in [-0.2, -0.15) is 0 Å². The number of nitrogens with zero attached hydrogens (tertiary/aromatic N) is 1. The summed E-state index contributed by atoms with van der Waals surface area (Å²) >= 11 is 0. The molecule has 9 nitrogen and oxygen atoms in total. The van der Waals surface area contributed by atoms with Gasteiger partial charge in [-0.3, -0.25) is 4.79 Å². The van der Waals surface area contributed by atoms with Gasteiger partial charge < -0.3 is 20.1 Å². The number of aromatic nitrogens is 1. The third kappa shape index (κ3) is 4.28. The lowest BCUT2D eigenvalue weighted by Crippen LogP contribution is -2.30.